The Balaban J connectivity index is 1.98. The first-order valence-electron chi connectivity index (χ1n) is 7.26. The number of hydrogen-bond donors (Lipinski definition) is 1. The predicted molar refractivity (Wildman–Crippen MR) is 81.3 cm³/mol. The largest absolute Gasteiger partial charge is 0.497 e. The number of methoxy groups -OCH3 is 1. The Morgan fingerprint density at radius 2 is 2.10 bits per heavy atom. The monoisotopic (exact) mass is 289 g/mol. The van der Waals surface area contributed by atoms with Crippen LogP contribution in [0.15, 0.2) is 30.6 Å². The van der Waals surface area contributed by atoms with Crippen LogP contribution in [-0.4, -0.2) is 33.1 Å². The van der Waals surface area contributed by atoms with Gasteiger partial charge in [-0.25, -0.2) is 9.67 Å². The minimum Gasteiger partial charge on any atom is -0.497 e. The van der Waals surface area contributed by atoms with E-state index >= 15 is 0 Å². The lowest BCUT2D eigenvalue weighted by Crippen LogP contribution is -2.19. The van der Waals surface area contributed by atoms with E-state index in [9.17, 15) is 5.11 Å². The van der Waals surface area contributed by atoms with E-state index in [-0.39, 0.29) is 0 Å². The van der Waals surface area contributed by atoms with E-state index in [1.807, 2.05) is 28.9 Å². The molecule has 21 heavy (non-hydrogen) atoms. The second kappa shape index (κ2) is 7.22. The average Bonchev–Trinajstić information content (AvgIpc) is 2.85. The molecule has 2 rings (SSSR count). The summed E-state index contributed by atoms with van der Waals surface area (Å²) in [5, 5.41) is 14.5. The summed E-state index contributed by atoms with van der Waals surface area (Å²) < 4.78 is 7.07. The van der Waals surface area contributed by atoms with Crippen molar-refractivity contribution in [2.75, 3.05) is 7.11 Å². The SMILES string of the molecule is COc1cccc(CC(O)Cc2ncnn2CC(C)C)c1. The van der Waals surface area contributed by atoms with Gasteiger partial charge >= 0.3 is 0 Å². The van der Waals surface area contributed by atoms with Crippen molar-refractivity contribution in [2.45, 2.75) is 39.3 Å². The third-order valence-corrected chi connectivity index (χ3v) is 3.26. The van der Waals surface area contributed by atoms with Gasteiger partial charge in [-0.05, 0) is 30.0 Å². The zero-order valence-electron chi connectivity index (χ0n) is 12.9. The molecule has 1 heterocycles. The Morgan fingerprint density at radius 1 is 1.29 bits per heavy atom. The fourth-order valence-corrected chi connectivity index (χ4v) is 2.30. The van der Waals surface area contributed by atoms with Gasteiger partial charge in [0.25, 0.3) is 0 Å². The highest BCUT2D eigenvalue weighted by atomic mass is 16.5. The second-order valence-corrected chi connectivity index (χ2v) is 5.67. The number of nitrogens with zero attached hydrogens (tertiary/aromatic N) is 3. The zero-order valence-corrected chi connectivity index (χ0v) is 12.9. The molecule has 0 saturated heterocycles. The van der Waals surface area contributed by atoms with Crippen molar-refractivity contribution in [3.63, 3.8) is 0 Å². The van der Waals surface area contributed by atoms with Crippen LogP contribution in [-0.2, 0) is 19.4 Å². The molecule has 0 fully saturated rings. The summed E-state index contributed by atoms with van der Waals surface area (Å²) >= 11 is 0. The predicted octanol–water partition coefficient (Wildman–Crippen LogP) is 2.09. The Kier molecular flexibility index (Phi) is 5.33. The number of ether oxygens (including phenoxy) is 1. The van der Waals surface area contributed by atoms with E-state index in [1.165, 1.54) is 0 Å². The van der Waals surface area contributed by atoms with Gasteiger partial charge in [0.15, 0.2) is 0 Å². The number of hydrogen-bond acceptors (Lipinski definition) is 4. The Morgan fingerprint density at radius 3 is 2.81 bits per heavy atom. The van der Waals surface area contributed by atoms with Crippen LogP contribution in [0.5, 0.6) is 5.75 Å². The quantitative estimate of drug-likeness (QED) is 0.848. The van der Waals surface area contributed by atoms with Gasteiger partial charge in [-0.3, -0.25) is 0 Å². The summed E-state index contributed by atoms with van der Waals surface area (Å²) in [4.78, 5) is 4.25. The van der Waals surface area contributed by atoms with E-state index in [2.05, 4.69) is 23.9 Å². The van der Waals surface area contributed by atoms with Crippen LogP contribution >= 0.6 is 0 Å². The van der Waals surface area contributed by atoms with Gasteiger partial charge in [-0.1, -0.05) is 26.0 Å². The molecule has 0 radical (unpaired) electrons. The van der Waals surface area contributed by atoms with Crippen molar-refractivity contribution in [1.82, 2.24) is 14.8 Å². The van der Waals surface area contributed by atoms with E-state index in [4.69, 9.17) is 4.74 Å². The van der Waals surface area contributed by atoms with Gasteiger partial charge in [0.05, 0.1) is 13.2 Å². The fourth-order valence-electron chi connectivity index (χ4n) is 2.30. The third kappa shape index (κ3) is 4.56. The minimum atomic E-state index is -0.479. The van der Waals surface area contributed by atoms with Crippen LogP contribution in [0.4, 0.5) is 0 Å². The second-order valence-electron chi connectivity index (χ2n) is 5.67. The molecule has 0 aliphatic heterocycles. The van der Waals surface area contributed by atoms with Crippen molar-refractivity contribution in [3.8, 4) is 5.75 Å². The number of aliphatic hydroxyl groups excluding tert-OH is 1. The van der Waals surface area contributed by atoms with Crippen molar-refractivity contribution in [3.05, 3.63) is 42.0 Å². The topological polar surface area (TPSA) is 60.2 Å². The number of rotatable bonds is 7. The van der Waals surface area contributed by atoms with Gasteiger partial charge < -0.3 is 9.84 Å². The molecule has 2 aromatic rings. The van der Waals surface area contributed by atoms with Gasteiger partial charge in [-0.15, -0.1) is 0 Å². The maximum Gasteiger partial charge on any atom is 0.138 e. The maximum absolute atomic E-state index is 10.3. The summed E-state index contributed by atoms with van der Waals surface area (Å²) in [5.74, 6) is 2.14. The van der Waals surface area contributed by atoms with E-state index in [0.717, 1.165) is 23.7 Å². The lowest BCUT2D eigenvalue weighted by Gasteiger charge is -2.13. The molecule has 1 unspecified atom stereocenters. The van der Waals surface area contributed by atoms with Gasteiger partial charge in [0.2, 0.25) is 0 Å². The average molecular weight is 289 g/mol. The molecule has 114 valence electrons. The highest BCUT2D eigenvalue weighted by Crippen LogP contribution is 2.15. The molecule has 0 spiro atoms. The number of benzene rings is 1. The van der Waals surface area contributed by atoms with Crippen molar-refractivity contribution >= 4 is 0 Å². The van der Waals surface area contributed by atoms with Crippen LogP contribution in [0.1, 0.15) is 25.2 Å². The van der Waals surface area contributed by atoms with Crippen molar-refractivity contribution < 1.29 is 9.84 Å². The highest BCUT2D eigenvalue weighted by molar-refractivity contribution is 5.28. The smallest absolute Gasteiger partial charge is 0.138 e. The van der Waals surface area contributed by atoms with Crippen molar-refractivity contribution in [1.29, 1.82) is 0 Å². The van der Waals surface area contributed by atoms with E-state index < -0.39 is 6.10 Å². The summed E-state index contributed by atoms with van der Waals surface area (Å²) in [7, 11) is 1.64. The summed E-state index contributed by atoms with van der Waals surface area (Å²) in [5.41, 5.74) is 1.05. The van der Waals surface area contributed by atoms with Crippen LogP contribution in [0.2, 0.25) is 0 Å². The minimum absolute atomic E-state index is 0.479. The first-order chi connectivity index (χ1) is 10.1. The molecule has 0 saturated carbocycles. The standard InChI is InChI=1S/C16H23N3O2/c1-12(2)10-19-16(17-11-18-19)9-14(20)7-13-5-4-6-15(8-13)21-3/h4-6,8,11-12,14,20H,7,9-10H2,1-3H3. The molecule has 1 aromatic heterocycles. The first kappa shape index (κ1) is 15.5. The van der Waals surface area contributed by atoms with Crippen LogP contribution in [0.3, 0.4) is 0 Å². The van der Waals surface area contributed by atoms with Gasteiger partial charge in [0.1, 0.15) is 17.9 Å². The molecule has 0 amide bonds. The highest BCUT2D eigenvalue weighted by Gasteiger charge is 2.13. The molecule has 0 aliphatic rings. The Bertz CT molecular complexity index is 566. The van der Waals surface area contributed by atoms with Gasteiger partial charge in [-0.2, -0.15) is 5.10 Å². The maximum atomic E-state index is 10.3. The Labute approximate surface area is 125 Å². The number of aromatic nitrogens is 3. The molecule has 1 N–H and O–H groups in total. The third-order valence-electron chi connectivity index (χ3n) is 3.26. The molecule has 0 aliphatic carbocycles. The summed E-state index contributed by atoms with van der Waals surface area (Å²) in [6.07, 6.45) is 2.15. The molecule has 1 aromatic carbocycles. The molecule has 1 atom stereocenters. The van der Waals surface area contributed by atoms with Crippen LogP contribution < -0.4 is 4.74 Å². The molecular weight excluding hydrogens is 266 g/mol. The molecule has 5 heteroatoms. The Hall–Kier alpha value is -1.88. The zero-order chi connectivity index (χ0) is 15.2. The molecular formula is C16H23N3O2. The normalized spacial score (nSPS) is 12.6. The lowest BCUT2D eigenvalue weighted by atomic mass is 10.1. The van der Waals surface area contributed by atoms with E-state index in [0.29, 0.717) is 18.8 Å². The molecule has 0 bridgehead atoms. The van der Waals surface area contributed by atoms with E-state index in [1.54, 1.807) is 13.4 Å². The summed E-state index contributed by atoms with van der Waals surface area (Å²) in [6, 6.07) is 7.77. The van der Waals surface area contributed by atoms with Crippen LogP contribution in [0.25, 0.3) is 0 Å². The van der Waals surface area contributed by atoms with Crippen molar-refractivity contribution in [2.24, 2.45) is 5.92 Å². The lowest BCUT2D eigenvalue weighted by molar-refractivity contribution is 0.170. The summed E-state index contributed by atoms with van der Waals surface area (Å²) in [6.45, 7) is 5.09. The van der Waals surface area contributed by atoms with Crippen LogP contribution in [0, 0.1) is 5.92 Å². The first-order valence-corrected chi connectivity index (χ1v) is 7.26. The number of aliphatic hydroxyl groups is 1. The fraction of sp³-hybridized carbons (Fsp3) is 0.500. The molecule has 5 nitrogen and oxygen atoms in total. The van der Waals surface area contributed by atoms with Gasteiger partial charge in [0, 0.05) is 13.0 Å².